The third-order valence-corrected chi connectivity index (χ3v) is 3.53. The van der Waals surface area contributed by atoms with Gasteiger partial charge >= 0.3 is 0 Å². The van der Waals surface area contributed by atoms with Crippen LogP contribution >= 0.6 is 0 Å². The highest BCUT2D eigenvalue weighted by Crippen LogP contribution is 2.21. The van der Waals surface area contributed by atoms with Crippen molar-refractivity contribution in [2.75, 3.05) is 13.2 Å². The predicted molar refractivity (Wildman–Crippen MR) is 89.1 cm³/mol. The molecule has 2 rings (SSSR count). The molecule has 2 nitrogen and oxygen atoms in total. The van der Waals surface area contributed by atoms with Crippen molar-refractivity contribution in [3.05, 3.63) is 73.0 Å². The van der Waals surface area contributed by atoms with Gasteiger partial charge in [0.2, 0.25) is 0 Å². The van der Waals surface area contributed by atoms with Gasteiger partial charge in [-0.1, -0.05) is 61.2 Å². The zero-order chi connectivity index (χ0) is 14.9. The van der Waals surface area contributed by atoms with Crippen LogP contribution in [0, 0.1) is 0 Å². The Hall–Kier alpha value is -2.06. The molecule has 0 radical (unpaired) electrons. The van der Waals surface area contributed by atoms with Gasteiger partial charge in [0.05, 0.1) is 12.9 Å². The predicted octanol–water partition coefficient (Wildman–Crippen LogP) is 4.55. The Morgan fingerprint density at radius 3 is 2.38 bits per heavy atom. The van der Waals surface area contributed by atoms with Crippen molar-refractivity contribution in [2.24, 2.45) is 0 Å². The van der Waals surface area contributed by atoms with E-state index < -0.39 is 0 Å². The lowest BCUT2D eigenvalue weighted by atomic mass is 10.0. The van der Waals surface area contributed by atoms with Gasteiger partial charge in [0.15, 0.2) is 0 Å². The maximum Gasteiger partial charge on any atom is 0.0885 e. The fourth-order valence-corrected chi connectivity index (χ4v) is 2.27. The molecule has 2 aromatic rings. The van der Waals surface area contributed by atoms with E-state index >= 15 is 0 Å². The molecule has 0 spiro atoms. The van der Waals surface area contributed by atoms with Gasteiger partial charge < -0.3 is 10.1 Å². The molecule has 2 heteroatoms. The molecule has 0 amide bonds. The van der Waals surface area contributed by atoms with Gasteiger partial charge in [-0.15, -0.1) is 0 Å². The van der Waals surface area contributed by atoms with Crippen LogP contribution < -0.4 is 5.32 Å². The summed E-state index contributed by atoms with van der Waals surface area (Å²) in [5, 5.41) is 3.50. The number of benzene rings is 2. The number of rotatable bonds is 8. The molecule has 0 aliphatic carbocycles. The molecule has 0 aliphatic rings. The van der Waals surface area contributed by atoms with Gasteiger partial charge in [-0.25, -0.2) is 0 Å². The molecule has 21 heavy (non-hydrogen) atoms. The lowest BCUT2D eigenvalue weighted by molar-refractivity contribution is 0.243. The quantitative estimate of drug-likeness (QED) is 0.566. The first-order valence-corrected chi connectivity index (χ1v) is 7.42. The van der Waals surface area contributed by atoms with Crippen molar-refractivity contribution in [3.8, 4) is 11.1 Å². The fourth-order valence-electron chi connectivity index (χ4n) is 2.27. The Kier molecular flexibility index (Phi) is 6.04. The summed E-state index contributed by atoms with van der Waals surface area (Å²) in [7, 11) is 0. The first kappa shape index (κ1) is 15.3. The summed E-state index contributed by atoms with van der Waals surface area (Å²) in [5.41, 5.74) is 3.82. The highest BCUT2D eigenvalue weighted by molar-refractivity contribution is 5.63. The molecule has 0 aliphatic heterocycles. The van der Waals surface area contributed by atoms with Gasteiger partial charge in [0.1, 0.15) is 0 Å². The molecular weight excluding hydrogens is 258 g/mol. The van der Waals surface area contributed by atoms with Crippen molar-refractivity contribution in [1.82, 2.24) is 5.32 Å². The Labute approximate surface area is 127 Å². The van der Waals surface area contributed by atoms with Gasteiger partial charge in [-0.2, -0.15) is 0 Å². The van der Waals surface area contributed by atoms with Crippen LogP contribution in [0.2, 0.25) is 0 Å². The van der Waals surface area contributed by atoms with Crippen LogP contribution in [-0.4, -0.2) is 13.2 Å². The molecular formula is C19H23NO. The summed E-state index contributed by atoms with van der Waals surface area (Å²) in [5.74, 6) is 0. The lowest BCUT2D eigenvalue weighted by Crippen LogP contribution is -2.20. The first-order valence-electron chi connectivity index (χ1n) is 7.42. The number of hydrogen-bond donors (Lipinski definition) is 1. The summed E-state index contributed by atoms with van der Waals surface area (Å²) in [6, 6.07) is 19.6. The monoisotopic (exact) mass is 281 g/mol. The second kappa shape index (κ2) is 8.28. The van der Waals surface area contributed by atoms with E-state index in [0.717, 1.165) is 19.6 Å². The van der Waals surface area contributed by atoms with Crippen LogP contribution in [0.15, 0.2) is 67.4 Å². The molecule has 2 aromatic carbocycles. The van der Waals surface area contributed by atoms with Crippen molar-refractivity contribution >= 4 is 0 Å². The molecule has 0 heterocycles. The largest absolute Gasteiger partial charge is 0.502 e. The van der Waals surface area contributed by atoms with E-state index in [-0.39, 0.29) is 0 Å². The summed E-state index contributed by atoms with van der Waals surface area (Å²) in [4.78, 5) is 0. The average molecular weight is 281 g/mol. The molecule has 1 atom stereocenters. The van der Waals surface area contributed by atoms with Gasteiger partial charge in [-0.05, 0) is 36.6 Å². The zero-order valence-corrected chi connectivity index (χ0v) is 12.6. The summed E-state index contributed by atoms with van der Waals surface area (Å²) in [6.45, 7) is 7.38. The van der Waals surface area contributed by atoms with Crippen LogP contribution in [0.25, 0.3) is 11.1 Å². The molecule has 1 unspecified atom stereocenters. The molecule has 110 valence electrons. The lowest BCUT2D eigenvalue weighted by Gasteiger charge is -2.14. The summed E-state index contributed by atoms with van der Waals surface area (Å²) < 4.78 is 5.11. The summed E-state index contributed by atoms with van der Waals surface area (Å²) >= 11 is 0. The normalized spacial score (nSPS) is 11.9. The van der Waals surface area contributed by atoms with Gasteiger partial charge in [-0.3, -0.25) is 0 Å². The molecule has 1 N–H and O–H groups in total. The molecule has 0 saturated carbocycles. The van der Waals surface area contributed by atoms with Crippen LogP contribution in [0.4, 0.5) is 0 Å². The Balaban J connectivity index is 1.88. The summed E-state index contributed by atoms with van der Waals surface area (Å²) in [6.07, 6.45) is 2.48. The minimum Gasteiger partial charge on any atom is -0.502 e. The van der Waals surface area contributed by atoms with E-state index in [1.807, 2.05) is 6.07 Å². The maximum absolute atomic E-state index is 5.11. The number of ether oxygens (including phenoxy) is 1. The third kappa shape index (κ3) is 4.76. The van der Waals surface area contributed by atoms with Crippen LogP contribution in [-0.2, 0) is 4.74 Å². The Bertz CT molecular complexity index is 533. The van der Waals surface area contributed by atoms with Crippen molar-refractivity contribution < 1.29 is 4.74 Å². The number of nitrogens with one attached hydrogen (secondary N) is 1. The van der Waals surface area contributed by atoms with Gasteiger partial charge in [0.25, 0.3) is 0 Å². The number of hydrogen-bond acceptors (Lipinski definition) is 2. The molecule has 0 bridgehead atoms. The second-order valence-corrected chi connectivity index (χ2v) is 5.05. The van der Waals surface area contributed by atoms with E-state index in [1.54, 1.807) is 0 Å². The minimum atomic E-state index is 0.346. The van der Waals surface area contributed by atoms with E-state index in [1.165, 1.54) is 23.0 Å². The first-order chi connectivity index (χ1) is 10.3. The van der Waals surface area contributed by atoms with E-state index in [9.17, 15) is 0 Å². The molecule has 0 saturated heterocycles. The maximum atomic E-state index is 5.11. The molecule has 0 aromatic heterocycles. The van der Waals surface area contributed by atoms with Crippen molar-refractivity contribution in [2.45, 2.75) is 19.4 Å². The topological polar surface area (TPSA) is 21.3 Å². The SMILES string of the molecule is C=COCCCNC(C)c1ccc(-c2ccccc2)cc1. The Morgan fingerprint density at radius 2 is 1.71 bits per heavy atom. The van der Waals surface area contributed by atoms with Crippen LogP contribution in [0.5, 0.6) is 0 Å². The highest BCUT2D eigenvalue weighted by atomic mass is 16.5. The molecule has 0 fully saturated rings. The van der Waals surface area contributed by atoms with Crippen LogP contribution in [0.1, 0.15) is 24.9 Å². The van der Waals surface area contributed by atoms with Gasteiger partial charge in [0, 0.05) is 6.04 Å². The van der Waals surface area contributed by atoms with Crippen molar-refractivity contribution in [3.63, 3.8) is 0 Å². The van der Waals surface area contributed by atoms with Crippen LogP contribution in [0.3, 0.4) is 0 Å². The zero-order valence-electron chi connectivity index (χ0n) is 12.6. The Morgan fingerprint density at radius 1 is 1.05 bits per heavy atom. The van der Waals surface area contributed by atoms with E-state index in [2.05, 4.69) is 67.4 Å². The fraction of sp³-hybridized carbons (Fsp3) is 0.263. The van der Waals surface area contributed by atoms with Crippen molar-refractivity contribution in [1.29, 1.82) is 0 Å². The average Bonchev–Trinajstić information content (AvgIpc) is 2.55. The smallest absolute Gasteiger partial charge is 0.0885 e. The highest BCUT2D eigenvalue weighted by Gasteiger charge is 2.04. The third-order valence-electron chi connectivity index (χ3n) is 3.53. The minimum absolute atomic E-state index is 0.346. The second-order valence-electron chi connectivity index (χ2n) is 5.05. The van der Waals surface area contributed by atoms with E-state index in [4.69, 9.17) is 4.74 Å². The standard InChI is InChI=1S/C19H23NO/c1-3-21-15-7-14-20-16(2)17-10-12-19(13-11-17)18-8-5-4-6-9-18/h3-6,8-13,16,20H,1,7,14-15H2,2H3. The van der Waals surface area contributed by atoms with E-state index in [0.29, 0.717) is 6.04 Å².